The van der Waals surface area contributed by atoms with E-state index in [4.69, 9.17) is 0 Å². The lowest BCUT2D eigenvalue weighted by Gasteiger charge is -2.05. The number of aromatic nitrogens is 2. The highest BCUT2D eigenvalue weighted by Gasteiger charge is 2.10. The van der Waals surface area contributed by atoms with E-state index in [0.29, 0.717) is 0 Å². The summed E-state index contributed by atoms with van der Waals surface area (Å²) < 4.78 is 2.19. The van der Waals surface area contributed by atoms with Gasteiger partial charge in [-0.05, 0) is 56.8 Å². The fourth-order valence-corrected chi connectivity index (χ4v) is 2.79. The molecule has 0 saturated heterocycles. The zero-order chi connectivity index (χ0) is 13.4. The van der Waals surface area contributed by atoms with E-state index in [2.05, 4.69) is 42.8 Å². The third-order valence-electron chi connectivity index (χ3n) is 3.20. The quantitative estimate of drug-likeness (QED) is 0.699. The van der Waals surface area contributed by atoms with Crippen LogP contribution in [0.1, 0.15) is 37.2 Å². The number of nitrogens with zero attached hydrogens (tertiary/aromatic N) is 2. The van der Waals surface area contributed by atoms with Crippen LogP contribution >= 0.6 is 11.8 Å². The average molecular weight is 269 g/mol. The van der Waals surface area contributed by atoms with Crippen molar-refractivity contribution in [3.63, 3.8) is 0 Å². The summed E-state index contributed by atoms with van der Waals surface area (Å²) in [4.78, 5) is 0. The van der Waals surface area contributed by atoms with Crippen molar-refractivity contribution in [3.8, 4) is 0 Å². The molecule has 104 valence electrons. The highest BCUT2D eigenvalue weighted by Crippen LogP contribution is 2.14. The van der Waals surface area contributed by atoms with Crippen LogP contribution in [0.15, 0.2) is 0 Å². The molecule has 0 saturated carbocycles. The van der Waals surface area contributed by atoms with Gasteiger partial charge in [0.25, 0.3) is 0 Å². The fourth-order valence-electron chi connectivity index (χ4n) is 2.16. The summed E-state index contributed by atoms with van der Waals surface area (Å²) in [7, 11) is 0. The molecule has 1 rings (SSSR count). The normalized spacial score (nSPS) is 11.1. The molecule has 0 atom stereocenters. The molecule has 4 heteroatoms. The maximum atomic E-state index is 4.67. The number of likely N-dealkylation sites (N-methyl/N-ethyl adjacent to an activating group) is 1. The maximum Gasteiger partial charge on any atom is 0.0628 e. The van der Waals surface area contributed by atoms with Gasteiger partial charge >= 0.3 is 0 Å². The summed E-state index contributed by atoms with van der Waals surface area (Å²) in [6, 6.07) is 0. The van der Waals surface area contributed by atoms with Crippen LogP contribution in [0, 0.1) is 13.8 Å². The van der Waals surface area contributed by atoms with Crippen molar-refractivity contribution < 1.29 is 0 Å². The third kappa shape index (κ3) is 4.65. The van der Waals surface area contributed by atoms with Crippen LogP contribution in [0.4, 0.5) is 0 Å². The lowest BCUT2D eigenvalue weighted by molar-refractivity contribution is 0.585. The first kappa shape index (κ1) is 15.6. The van der Waals surface area contributed by atoms with Gasteiger partial charge in [0.05, 0.1) is 5.69 Å². The van der Waals surface area contributed by atoms with E-state index in [0.717, 1.165) is 26.1 Å². The second-order valence-electron chi connectivity index (χ2n) is 4.53. The molecule has 0 aliphatic heterocycles. The van der Waals surface area contributed by atoms with Crippen molar-refractivity contribution in [2.75, 3.05) is 24.6 Å². The summed E-state index contributed by atoms with van der Waals surface area (Å²) in [5, 5.41) is 8.05. The summed E-state index contributed by atoms with van der Waals surface area (Å²) in [6.07, 6.45) is 2.31. The number of hydrogen-bond acceptors (Lipinski definition) is 3. The van der Waals surface area contributed by atoms with Gasteiger partial charge in [-0.1, -0.05) is 13.8 Å². The predicted octanol–water partition coefficient (Wildman–Crippen LogP) is 2.80. The summed E-state index contributed by atoms with van der Waals surface area (Å²) in [5.74, 6) is 2.45. The van der Waals surface area contributed by atoms with Crippen LogP contribution in [-0.2, 0) is 13.0 Å². The number of rotatable bonds is 9. The Morgan fingerprint density at radius 3 is 2.72 bits per heavy atom. The molecule has 1 aromatic rings. The van der Waals surface area contributed by atoms with Crippen LogP contribution in [0.25, 0.3) is 0 Å². The van der Waals surface area contributed by atoms with Gasteiger partial charge in [-0.3, -0.25) is 4.68 Å². The first-order valence-corrected chi connectivity index (χ1v) is 8.17. The van der Waals surface area contributed by atoms with Crippen LogP contribution in [0.3, 0.4) is 0 Å². The highest BCUT2D eigenvalue weighted by atomic mass is 32.2. The van der Waals surface area contributed by atoms with Gasteiger partial charge in [-0.15, -0.1) is 0 Å². The number of aryl methyl sites for hydroxylation is 2. The Morgan fingerprint density at radius 1 is 1.28 bits per heavy atom. The Hall–Kier alpha value is -0.480. The van der Waals surface area contributed by atoms with Gasteiger partial charge in [0.1, 0.15) is 0 Å². The minimum absolute atomic E-state index is 1.04. The Kier molecular flexibility index (Phi) is 7.44. The van der Waals surface area contributed by atoms with E-state index in [1.807, 2.05) is 11.8 Å². The lowest BCUT2D eigenvalue weighted by Crippen LogP contribution is -2.16. The molecule has 0 aromatic carbocycles. The molecular formula is C14H27N3S. The van der Waals surface area contributed by atoms with Crippen molar-refractivity contribution in [1.82, 2.24) is 15.1 Å². The Bertz CT molecular complexity index is 347. The molecule has 0 bridgehead atoms. The zero-order valence-corrected chi connectivity index (χ0v) is 13.1. The standard InChI is InChI=1S/C14H27N3S/c1-5-15-9-8-14-12(3)16-17(13(14)4)10-7-11-18-6-2/h15H,5-11H2,1-4H3. The van der Waals surface area contributed by atoms with Crippen molar-refractivity contribution in [1.29, 1.82) is 0 Å². The first-order valence-electron chi connectivity index (χ1n) is 7.02. The second-order valence-corrected chi connectivity index (χ2v) is 5.92. The topological polar surface area (TPSA) is 29.9 Å². The number of thioether (sulfide) groups is 1. The number of hydrogen-bond donors (Lipinski definition) is 1. The van der Waals surface area contributed by atoms with Crippen molar-refractivity contribution >= 4 is 11.8 Å². The van der Waals surface area contributed by atoms with Crippen molar-refractivity contribution in [3.05, 3.63) is 17.0 Å². The minimum atomic E-state index is 1.04. The molecule has 0 spiro atoms. The van der Waals surface area contributed by atoms with Crippen LogP contribution in [0.5, 0.6) is 0 Å². The van der Waals surface area contributed by atoms with E-state index in [-0.39, 0.29) is 0 Å². The summed E-state index contributed by atoms with van der Waals surface area (Å²) in [6.45, 7) is 11.8. The van der Waals surface area contributed by atoms with Crippen LogP contribution in [0.2, 0.25) is 0 Å². The maximum absolute atomic E-state index is 4.67. The van der Waals surface area contributed by atoms with Crippen molar-refractivity contribution in [2.24, 2.45) is 0 Å². The zero-order valence-electron chi connectivity index (χ0n) is 12.3. The molecular weight excluding hydrogens is 242 g/mol. The molecule has 1 aromatic heterocycles. The van der Waals surface area contributed by atoms with E-state index in [1.54, 1.807) is 0 Å². The Balaban J connectivity index is 2.51. The Labute approximate surface area is 116 Å². The largest absolute Gasteiger partial charge is 0.317 e. The average Bonchev–Trinajstić information content (AvgIpc) is 2.62. The van der Waals surface area contributed by atoms with E-state index in [1.165, 1.54) is 34.9 Å². The fraction of sp³-hybridized carbons (Fsp3) is 0.786. The predicted molar refractivity (Wildman–Crippen MR) is 81.6 cm³/mol. The molecule has 0 radical (unpaired) electrons. The minimum Gasteiger partial charge on any atom is -0.317 e. The van der Waals surface area contributed by atoms with Gasteiger partial charge in [0.2, 0.25) is 0 Å². The Morgan fingerprint density at radius 2 is 2.06 bits per heavy atom. The van der Waals surface area contributed by atoms with Gasteiger partial charge in [0.15, 0.2) is 0 Å². The lowest BCUT2D eigenvalue weighted by atomic mass is 10.1. The molecule has 0 fully saturated rings. The SMILES string of the molecule is CCNCCc1c(C)nn(CCCSCC)c1C. The summed E-state index contributed by atoms with van der Waals surface area (Å²) in [5.41, 5.74) is 3.99. The first-order chi connectivity index (χ1) is 8.70. The van der Waals surface area contributed by atoms with Crippen LogP contribution in [-0.4, -0.2) is 34.4 Å². The van der Waals surface area contributed by atoms with Gasteiger partial charge in [-0.2, -0.15) is 16.9 Å². The van der Waals surface area contributed by atoms with Gasteiger partial charge in [0, 0.05) is 12.2 Å². The molecule has 1 heterocycles. The van der Waals surface area contributed by atoms with Gasteiger partial charge < -0.3 is 5.32 Å². The molecule has 1 N–H and O–H groups in total. The monoisotopic (exact) mass is 269 g/mol. The molecule has 3 nitrogen and oxygen atoms in total. The van der Waals surface area contributed by atoms with E-state index in [9.17, 15) is 0 Å². The van der Waals surface area contributed by atoms with E-state index >= 15 is 0 Å². The van der Waals surface area contributed by atoms with E-state index < -0.39 is 0 Å². The summed E-state index contributed by atoms with van der Waals surface area (Å²) >= 11 is 2.01. The molecule has 0 aliphatic carbocycles. The van der Waals surface area contributed by atoms with Crippen LogP contribution < -0.4 is 5.32 Å². The molecule has 18 heavy (non-hydrogen) atoms. The molecule has 0 unspecified atom stereocenters. The highest BCUT2D eigenvalue weighted by molar-refractivity contribution is 7.99. The third-order valence-corrected chi connectivity index (χ3v) is 4.18. The molecule has 0 aliphatic rings. The number of nitrogens with one attached hydrogen (secondary N) is 1. The van der Waals surface area contributed by atoms with Crippen molar-refractivity contribution in [2.45, 2.75) is 47.1 Å². The molecule has 0 amide bonds. The van der Waals surface area contributed by atoms with Gasteiger partial charge in [-0.25, -0.2) is 0 Å². The smallest absolute Gasteiger partial charge is 0.0628 e. The second kappa shape index (κ2) is 8.59.